The fraction of sp³-hybridized carbons (Fsp3) is 0.500. The summed E-state index contributed by atoms with van der Waals surface area (Å²) in [7, 11) is 0. The smallest absolute Gasteiger partial charge is 0.410 e. The van der Waals surface area contributed by atoms with Gasteiger partial charge >= 0.3 is 6.09 Å². The number of aryl methyl sites for hydroxylation is 2. The third kappa shape index (κ3) is 3.70. The van der Waals surface area contributed by atoms with Crippen LogP contribution in [-0.2, 0) is 4.74 Å². The molecule has 25 heavy (non-hydrogen) atoms. The topological polar surface area (TPSA) is 47.4 Å². The molecular weight excluding hydrogens is 314 g/mol. The molecule has 1 unspecified atom stereocenters. The molecule has 2 aromatic heterocycles. The summed E-state index contributed by atoms with van der Waals surface area (Å²) in [5.74, 6) is 0.908. The van der Waals surface area contributed by atoms with Crippen LogP contribution in [0.4, 0.5) is 4.79 Å². The first-order chi connectivity index (χ1) is 11.8. The summed E-state index contributed by atoms with van der Waals surface area (Å²) in [6.07, 6.45) is 3.58. The Labute approximate surface area is 149 Å². The van der Waals surface area contributed by atoms with Crippen molar-refractivity contribution in [3.05, 3.63) is 47.4 Å². The maximum atomic E-state index is 12.5. The van der Waals surface area contributed by atoms with E-state index in [0.717, 1.165) is 42.2 Å². The molecule has 1 atom stereocenters. The van der Waals surface area contributed by atoms with Gasteiger partial charge in [-0.1, -0.05) is 6.07 Å². The van der Waals surface area contributed by atoms with Crippen LogP contribution in [0.15, 0.2) is 30.5 Å². The molecule has 1 amide bonds. The molecule has 3 rings (SSSR count). The molecule has 0 saturated carbocycles. The summed E-state index contributed by atoms with van der Waals surface area (Å²) in [5.41, 5.74) is 2.91. The molecule has 1 aliphatic rings. The molecule has 5 heteroatoms. The molecule has 0 radical (unpaired) electrons. The number of carbonyl (C=O) groups is 1. The van der Waals surface area contributed by atoms with Crippen molar-refractivity contribution in [2.24, 2.45) is 0 Å². The highest BCUT2D eigenvalue weighted by Crippen LogP contribution is 2.33. The van der Waals surface area contributed by atoms with Crippen molar-refractivity contribution in [2.75, 3.05) is 6.54 Å². The molecule has 0 aromatic carbocycles. The molecule has 1 aliphatic heterocycles. The quantitative estimate of drug-likeness (QED) is 0.804. The maximum absolute atomic E-state index is 12.5. The van der Waals surface area contributed by atoms with E-state index in [-0.39, 0.29) is 12.1 Å². The Hall–Kier alpha value is -2.30. The molecule has 5 nitrogen and oxygen atoms in total. The van der Waals surface area contributed by atoms with E-state index in [1.54, 1.807) is 0 Å². The van der Waals surface area contributed by atoms with Gasteiger partial charge in [-0.2, -0.15) is 0 Å². The zero-order chi connectivity index (χ0) is 18.2. The van der Waals surface area contributed by atoms with E-state index in [1.165, 1.54) is 0 Å². The fourth-order valence-corrected chi connectivity index (χ4v) is 3.41. The number of nitrogens with zero attached hydrogens (tertiary/aromatic N) is 3. The molecule has 1 fully saturated rings. The highest BCUT2D eigenvalue weighted by atomic mass is 16.6. The first-order valence-corrected chi connectivity index (χ1v) is 8.87. The van der Waals surface area contributed by atoms with Crippen molar-refractivity contribution >= 4 is 6.09 Å². The van der Waals surface area contributed by atoms with Crippen molar-refractivity contribution in [3.63, 3.8) is 0 Å². The van der Waals surface area contributed by atoms with Gasteiger partial charge in [-0.05, 0) is 71.2 Å². The van der Waals surface area contributed by atoms with Crippen LogP contribution in [0.5, 0.6) is 0 Å². The van der Waals surface area contributed by atoms with Gasteiger partial charge in [0.25, 0.3) is 0 Å². The van der Waals surface area contributed by atoms with Crippen LogP contribution in [0.25, 0.3) is 5.82 Å². The summed E-state index contributed by atoms with van der Waals surface area (Å²) >= 11 is 0. The fourth-order valence-electron chi connectivity index (χ4n) is 3.41. The van der Waals surface area contributed by atoms with Gasteiger partial charge in [0.05, 0.1) is 6.04 Å². The van der Waals surface area contributed by atoms with Crippen molar-refractivity contribution < 1.29 is 9.53 Å². The van der Waals surface area contributed by atoms with E-state index in [4.69, 9.17) is 4.74 Å². The number of hydrogen-bond acceptors (Lipinski definition) is 3. The molecule has 3 heterocycles. The number of amides is 1. The van der Waals surface area contributed by atoms with E-state index < -0.39 is 5.60 Å². The zero-order valence-corrected chi connectivity index (χ0v) is 15.7. The lowest BCUT2D eigenvalue weighted by Crippen LogP contribution is -2.36. The minimum Gasteiger partial charge on any atom is -0.444 e. The average Bonchev–Trinajstić information content (AvgIpc) is 3.13. The molecule has 0 N–H and O–H groups in total. The average molecular weight is 341 g/mol. The molecule has 0 bridgehead atoms. The Morgan fingerprint density at radius 3 is 2.40 bits per heavy atom. The highest BCUT2D eigenvalue weighted by molar-refractivity contribution is 5.69. The first-order valence-electron chi connectivity index (χ1n) is 8.87. The van der Waals surface area contributed by atoms with Crippen molar-refractivity contribution in [1.82, 2.24) is 14.5 Å². The Bertz CT molecular complexity index is 737. The van der Waals surface area contributed by atoms with Gasteiger partial charge in [-0.25, -0.2) is 9.78 Å². The van der Waals surface area contributed by atoms with Crippen LogP contribution >= 0.6 is 0 Å². The van der Waals surface area contributed by atoms with Crippen LogP contribution in [0.2, 0.25) is 0 Å². The summed E-state index contributed by atoms with van der Waals surface area (Å²) in [5, 5.41) is 0. The lowest BCUT2D eigenvalue weighted by Gasteiger charge is -2.28. The number of carbonyl (C=O) groups excluding carboxylic acids is 1. The van der Waals surface area contributed by atoms with Gasteiger partial charge in [0.1, 0.15) is 11.4 Å². The predicted octanol–water partition coefficient (Wildman–Crippen LogP) is 4.56. The minimum atomic E-state index is -0.476. The first kappa shape index (κ1) is 17.5. The third-order valence-electron chi connectivity index (χ3n) is 4.54. The van der Waals surface area contributed by atoms with Crippen molar-refractivity contribution in [1.29, 1.82) is 0 Å². The second-order valence-electron chi connectivity index (χ2n) is 7.73. The monoisotopic (exact) mass is 341 g/mol. The summed E-state index contributed by atoms with van der Waals surface area (Å²) in [6, 6.07) is 8.33. The SMILES string of the molecule is Cc1ccc(C)n1-c1ccc(C2CCCN2C(=O)OC(C)(C)C)cn1. The van der Waals surface area contributed by atoms with Crippen LogP contribution in [0.3, 0.4) is 0 Å². The van der Waals surface area contributed by atoms with E-state index in [1.807, 2.05) is 37.9 Å². The normalized spacial score (nSPS) is 17.8. The second kappa shape index (κ2) is 6.54. The maximum Gasteiger partial charge on any atom is 0.410 e. The number of ether oxygens (including phenoxy) is 1. The van der Waals surface area contributed by atoms with E-state index in [0.29, 0.717) is 0 Å². The van der Waals surface area contributed by atoms with Crippen LogP contribution < -0.4 is 0 Å². The Morgan fingerprint density at radius 2 is 1.84 bits per heavy atom. The Kier molecular flexibility index (Phi) is 4.58. The Morgan fingerprint density at radius 1 is 1.16 bits per heavy atom. The summed E-state index contributed by atoms with van der Waals surface area (Å²) in [4.78, 5) is 18.9. The summed E-state index contributed by atoms with van der Waals surface area (Å²) < 4.78 is 7.68. The van der Waals surface area contributed by atoms with Gasteiger partial charge in [-0.3, -0.25) is 0 Å². The molecule has 134 valence electrons. The lowest BCUT2D eigenvalue weighted by molar-refractivity contribution is 0.0224. The molecule has 2 aromatic rings. The Balaban J connectivity index is 1.81. The number of pyridine rings is 1. The van der Waals surface area contributed by atoms with Gasteiger partial charge in [0.2, 0.25) is 0 Å². The minimum absolute atomic E-state index is 0.0447. The molecule has 1 saturated heterocycles. The second-order valence-corrected chi connectivity index (χ2v) is 7.73. The molecule has 0 spiro atoms. The third-order valence-corrected chi connectivity index (χ3v) is 4.54. The lowest BCUT2D eigenvalue weighted by atomic mass is 10.1. The number of likely N-dealkylation sites (tertiary alicyclic amines) is 1. The van der Waals surface area contributed by atoms with Crippen molar-refractivity contribution in [3.8, 4) is 5.82 Å². The van der Waals surface area contributed by atoms with Crippen LogP contribution in [0, 0.1) is 13.8 Å². The zero-order valence-electron chi connectivity index (χ0n) is 15.7. The van der Waals surface area contributed by atoms with E-state index in [2.05, 4.69) is 41.6 Å². The van der Waals surface area contributed by atoms with Gasteiger partial charge < -0.3 is 14.2 Å². The molecule has 0 aliphatic carbocycles. The van der Waals surface area contributed by atoms with Crippen LogP contribution in [-0.4, -0.2) is 32.7 Å². The van der Waals surface area contributed by atoms with E-state index in [9.17, 15) is 4.79 Å². The van der Waals surface area contributed by atoms with Crippen LogP contribution in [0.1, 0.15) is 56.6 Å². The standard InChI is InChI=1S/C20H27N3O2/c1-14-8-9-15(2)23(14)18-11-10-16(13-21-18)17-7-6-12-22(17)19(24)25-20(3,4)5/h8-11,13,17H,6-7,12H2,1-5H3. The van der Waals surface area contributed by atoms with Crippen molar-refractivity contribution in [2.45, 2.75) is 59.1 Å². The highest BCUT2D eigenvalue weighted by Gasteiger charge is 2.33. The molecular formula is C20H27N3O2. The van der Waals surface area contributed by atoms with E-state index >= 15 is 0 Å². The van der Waals surface area contributed by atoms with Gasteiger partial charge in [0, 0.05) is 24.1 Å². The van der Waals surface area contributed by atoms with Gasteiger partial charge in [-0.15, -0.1) is 0 Å². The van der Waals surface area contributed by atoms with Gasteiger partial charge in [0.15, 0.2) is 0 Å². The number of hydrogen-bond donors (Lipinski definition) is 0. The summed E-state index contributed by atoms with van der Waals surface area (Å²) in [6.45, 7) is 10.6. The largest absolute Gasteiger partial charge is 0.444 e. The predicted molar refractivity (Wildman–Crippen MR) is 98.0 cm³/mol. The number of rotatable bonds is 2. The number of aromatic nitrogens is 2.